The van der Waals surface area contributed by atoms with Gasteiger partial charge in [-0.3, -0.25) is 0 Å². The van der Waals surface area contributed by atoms with E-state index in [4.69, 9.17) is 0 Å². The maximum atomic E-state index is 2.35. The molecule has 0 amide bonds. The van der Waals surface area contributed by atoms with Crippen LogP contribution in [0.25, 0.3) is 38.6 Å². The zero-order valence-corrected chi connectivity index (χ0v) is 16.1. The van der Waals surface area contributed by atoms with Gasteiger partial charge in [0.2, 0.25) is 0 Å². The SMILES string of the molecule is c1ccc(-c2ccc(-c3ccccc3)n2-c2ccc(-c3cccs3)cc2)cc1. The summed E-state index contributed by atoms with van der Waals surface area (Å²) in [6.45, 7) is 0. The fourth-order valence-electron chi connectivity index (χ4n) is 3.60. The lowest BCUT2D eigenvalue weighted by Gasteiger charge is -2.15. The van der Waals surface area contributed by atoms with Gasteiger partial charge < -0.3 is 4.57 Å². The Morgan fingerprint density at radius 3 is 1.54 bits per heavy atom. The van der Waals surface area contributed by atoms with Gasteiger partial charge in [0, 0.05) is 10.6 Å². The van der Waals surface area contributed by atoms with Crippen LogP contribution in [0.4, 0.5) is 0 Å². The predicted molar refractivity (Wildman–Crippen MR) is 120 cm³/mol. The molecule has 134 valence electrons. The molecule has 0 fully saturated rings. The second-order valence-corrected chi connectivity index (χ2v) is 7.64. The van der Waals surface area contributed by atoms with E-state index >= 15 is 0 Å². The first kappa shape index (κ1) is 16.8. The number of hydrogen-bond donors (Lipinski definition) is 0. The minimum absolute atomic E-state index is 1.17. The van der Waals surface area contributed by atoms with Crippen molar-refractivity contribution >= 4 is 11.3 Å². The predicted octanol–water partition coefficient (Wildman–Crippen LogP) is 7.54. The van der Waals surface area contributed by atoms with Crippen molar-refractivity contribution in [1.29, 1.82) is 0 Å². The number of thiophene rings is 1. The van der Waals surface area contributed by atoms with Gasteiger partial charge in [0.05, 0.1) is 11.4 Å². The Balaban J connectivity index is 1.67. The normalized spacial score (nSPS) is 10.9. The van der Waals surface area contributed by atoms with Crippen LogP contribution in [0.15, 0.2) is 115 Å². The van der Waals surface area contributed by atoms with E-state index < -0.39 is 0 Å². The van der Waals surface area contributed by atoms with Crippen LogP contribution in [0.5, 0.6) is 0 Å². The van der Waals surface area contributed by atoms with Crippen molar-refractivity contribution in [3.05, 3.63) is 115 Å². The number of hydrogen-bond acceptors (Lipinski definition) is 1. The number of aromatic nitrogens is 1. The summed E-state index contributed by atoms with van der Waals surface area (Å²) in [5.74, 6) is 0. The Bertz CT molecular complexity index is 1110. The third-order valence-electron chi connectivity index (χ3n) is 4.95. The highest BCUT2D eigenvalue weighted by Crippen LogP contribution is 2.33. The number of rotatable bonds is 4. The van der Waals surface area contributed by atoms with E-state index in [0.29, 0.717) is 0 Å². The van der Waals surface area contributed by atoms with E-state index in [0.717, 1.165) is 0 Å². The van der Waals surface area contributed by atoms with Crippen LogP contribution in [0.1, 0.15) is 0 Å². The van der Waals surface area contributed by atoms with Gasteiger partial charge in [-0.2, -0.15) is 0 Å². The Morgan fingerprint density at radius 2 is 1.04 bits per heavy atom. The average Bonchev–Trinajstić information content (AvgIpc) is 3.45. The molecule has 0 radical (unpaired) electrons. The van der Waals surface area contributed by atoms with E-state index in [-0.39, 0.29) is 0 Å². The maximum Gasteiger partial charge on any atom is 0.0535 e. The molecule has 5 rings (SSSR count). The van der Waals surface area contributed by atoms with Crippen molar-refractivity contribution in [3.8, 4) is 38.6 Å². The summed E-state index contributed by atoms with van der Waals surface area (Å²) in [6, 6.07) is 38.7. The summed E-state index contributed by atoms with van der Waals surface area (Å²) in [7, 11) is 0. The summed E-state index contributed by atoms with van der Waals surface area (Å²) in [6.07, 6.45) is 0. The minimum Gasteiger partial charge on any atom is -0.309 e. The standard InChI is InChI=1S/C26H19NS/c1-3-8-20(9-4-1)24-17-18-25(21-10-5-2-6-11-21)27(24)23-15-13-22(14-16-23)26-12-7-19-28-26/h1-19H. The molecule has 1 nitrogen and oxygen atoms in total. The molecule has 0 aliphatic heterocycles. The van der Waals surface area contributed by atoms with E-state index in [1.54, 1.807) is 11.3 Å². The van der Waals surface area contributed by atoms with Crippen LogP contribution in [0, 0.1) is 0 Å². The highest BCUT2D eigenvalue weighted by molar-refractivity contribution is 7.13. The molecule has 0 saturated heterocycles. The third kappa shape index (κ3) is 3.08. The first-order valence-electron chi connectivity index (χ1n) is 9.37. The van der Waals surface area contributed by atoms with Crippen LogP contribution in [0.3, 0.4) is 0 Å². The molecule has 0 atom stereocenters. The molecule has 2 heterocycles. The lowest BCUT2D eigenvalue weighted by Crippen LogP contribution is -1.99. The molecule has 2 heteroatoms. The van der Waals surface area contributed by atoms with Gasteiger partial charge in [0.1, 0.15) is 0 Å². The first-order chi connectivity index (χ1) is 13.9. The molecule has 0 spiro atoms. The molecule has 2 aromatic heterocycles. The van der Waals surface area contributed by atoms with Gasteiger partial charge in [0.15, 0.2) is 0 Å². The first-order valence-corrected chi connectivity index (χ1v) is 10.2. The molecular formula is C26H19NS. The van der Waals surface area contributed by atoms with Crippen molar-refractivity contribution in [1.82, 2.24) is 4.57 Å². The summed E-state index contributed by atoms with van der Waals surface area (Å²) in [4.78, 5) is 1.30. The van der Waals surface area contributed by atoms with E-state index in [1.807, 2.05) is 0 Å². The topological polar surface area (TPSA) is 4.93 Å². The fraction of sp³-hybridized carbons (Fsp3) is 0. The van der Waals surface area contributed by atoms with Crippen molar-refractivity contribution in [2.45, 2.75) is 0 Å². The van der Waals surface area contributed by atoms with E-state index in [1.165, 1.54) is 38.6 Å². The summed E-state index contributed by atoms with van der Waals surface area (Å²) in [5, 5.41) is 2.12. The van der Waals surface area contributed by atoms with Crippen LogP contribution >= 0.6 is 11.3 Å². The van der Waals surface area contributed by atoms with E-state index in [9.17, 15) is 0 Å². The zero-order chi connectivity index (χ0) is 18.8. The van der Waals surface area contributed by atoms with Crippen LogP contribution in [-0.2, 0) is 0 Å². The monoisotopic (exact) mass is 377 g/mol. The molecule has 0 aliphatic rings. The van der Waals surface area contributed by atoms with Gasteiger partial charge in [0.25, 0.3) is 0 Å². The minimum atomic E-state index is 1.17. The van der Waals surface area contributed by atoms with Gasteiger partial charge in [-0.25, -0.2) is 0 Å². The lowest BCUT2D eigenvalue weighted by atomic mass is 10.1. The molecule has 0 saturated carbocycles. The quantitative estimate of drug-likeness (QED) is 0.305. The second-order valence-electron chi connectivity index (χ2n) is 6.70. The smallest absolute Gasteiger partial charge is 0.0535 e. The maximum absolute atomic E-state index is 2.35. The van der Waals surface area contributed by atoms with Gasteiger partial charge >= 0.3 is 0 Å². The summed E-state index contributed by atoms with van der Waals surface area (Å²) in [5.41, 5.74) is 7.25. The molecule has 0 bridgehead atoms. The van der Waals surface area contributed by atoms with Gasteiger partial charge in [-0.05, 0) is 52.4 Å². The van der Waals surface area contributed by atoms with Crippen molar-refractivity contribution in [3.63, 3.8) is 0 Å². The number of nitrogens with zero attached hydrogens (tertiary/aromatic N) is 1. The Kier molecular flexibility index (Phi) is 4.40. The average molecular weight is 378 g/mol. The lowest BCUT2D eigenvalue weighted by molar-refractivity contribution is 1.10. The van der Waals surface area contributed by atoms with Crippen molar-refractivity contribution in [2.75, 3.05) is 0 Å². The molecular weight excluding hydrogens is 358 g/mol. The summed E-state index contributed by atoms with van der Waals surface area (Å²) >= 11 is 1.77. The molecule has 5 aromatic rings. The molecule has 28 heavy (non-hydrogen) atoms. The van der Waals surface area contributed by atoms with Gasteiger partial charge in [-0.15, -0.1) is 11.3 Å². The largest absolute Gasteiger partial charge is 0.309 e. The zero-order valence-electron chi connectivity index (χ0n) is 15.3. The van der Waals surface area contributed by atoms with Crippen LogP contribution in [0.2, 0.25) is 0 Å². The Labute approximate surface area is 169 Å². The third-order valence-corrected chi connectivity index (χ3v) is 5.87. The fourth-order valence-corrected chi connectivity index (χ4v) is 4.33. The molecule has 0 N–H and O–H groups in total. The highest BCUT2D eigenvalue weighted by Gasteiger charge is 2.13. The van der Waals surface area contributed by atoms with Crippen molar-refractivity contribution in [2.24, 2.45) is 0 Å². The summed E-state index contributed by atoms with van der Waals surface area (Å²) < 4.78 is 2.35. The second kappa shape index (κ2) is 7.34. The Hall–Kier alpha value is -3.36. The highest BCUT2D eigenvalue weighted by atomic mass is 32.1. The molecule has 3 aromatic carbocycles. The van der Waals surface area contributed by atoms with E-state index in [2.05, 4.69) is 119 Å². The number of benzene rings is 3. The molecule has 0 unspecified atom stereocenters. The Morgan fingerprint density at radius 1 is 0.464 bits per heavy atom. The van der Waals surface area contributed by atoms with Crippen molar-refractivity contribution < 1.29 is 0 Å². The van der Waals surface area contributed by atoms with Gasteiger partial charge in [-0.1, -0.05) is 78.9 Å². The van der Waals surface area contributed by atoms with Crippen LogP contribution < -0.4 is 0 Å². The van der Waals surface area contributed by atoms with Crippen LogP contribution in [-0.4, -0.2) is 4.57 Å². The molecule has 0 aliphatic carbocycles.